The summed E-state index contributed by atoms with van der Waals surface area (Å²) in [5, 5.41) is 0. The first-order valence-electron chi connectivity index (χ1n) is 9.87. The number of alkyl halides is 2. The van der Waals surface area contributed by atoms with E-state index in [4.69, 9.17) is 4.74 Å². The molecule has 158 valence electrons. The normalized spacial score (nSPS) is 31.4. The smallest absolute Gasteiger partial charge is 0.462 e. The minimum atomic E-state index is -4.35. The van der Waals surface area contributed by atoms with Crippen LogP contribution in [0.1, 0.15) is 59.3 Å². The van der Waals surface area contributed by atoms with E-state index in [-0.39, 0.29) is 6.61 Å². The lowest BCUT2D eigenvalue weighted by atomic mass is 9.49. The van der Waals surface area contributed by atoms with Crippen molar-refractivity contribution in [3.63, 3.8) is 0 Å². The molecule has 4 rings (SSSR count). The molecule has 4 aliphatic carbocycles. The van der Waals surface area contributed by atoms with Crippen LogP contribution in [0.4, 0.5) is 8.78 Å². The molecule has 0 aromatic carbocycles. The highest BCUT2D eigenvalue weighted by Crippen LogP contribution is 2.60. The van der Waals surface area contributed by atoms with Gasteiger partial charge in [0.2, 0.25) is 0 Å². The van der Waals surface area contributed by atoms with E-state index in [9.17, 15) is 23.2 Å². The van der Waals surface area contributed by atoms with E-state index in [0.717, 1.165) is 19.3 Å². The Balaban J connectivity index is 1.50. The summed E-state index contributed by atoms with van der Waals surface area (Å²) in [7, 11) is 0. The van der Waals surface area contributed by atoms with Crippen LogP contribution < -0.4 is 0 Å². The Labute approximate surface area is 163 Å². The monoisotopic (exact) mass is 402 g/mol. The minimum absolute atomic E-state index is 0.346. The number of halogens is 2. The largest absolute Gasteiger partial charge is 0.504 e. The van der Waals surface area contributed by atoms with Crippen LogP contribution in [0.3, 0.4) is 0 Å². The molecule has 4 saturated carbocycles. The van der Waals surface area contributed by atoms with Gasteiger partial charge in [-0.25, -0.2) is 4.79 Å². The Morgan fingerprint density at radius 2 is 1.29 bits per heavy atom. The summed E-state index contributed by atoms with van der Waals surface area (Å²) >= 11 is 0. The lowest BCUT2D eigenvalue weighted by Gasteiger charge is -2.55. The molecule has 0 spiro atoms. The fourth-order valence-corrected chi connectivity index (χ4v) is 5.20. The number of rotatable bonds is 6. The third-order valence-corrected chi connectivity index (χ3v) is 6.09. The second-order valence-electron chi connectivity index (χ2n) is 9.63. The second kappa shape index (κ2) is 7.26. The van der Waals surface area contributed by atoms with Gasteiger partial charge < -0.3 is 14.2 Å². The van der Waals surface area contributed by atoms with Crippen molar-refractivity contribution in [2.75, 3.05) is 13.2 Å². The predicted molar refractivity (Wildman–Crippen MR) is 93.0 cm³/mol. The maximum atomic E-state index is 14.1. The zero-order chi connectivity index (χ0) is 20.7. The number of hydrogen-bond acceptors (Lipinski definition) is 6. The molecule has 0 atom stereocenters. The van der Waals surface area contributed by atoms with Gasteiger partial charge in [-0.2, -0.15) is 8.78 Å². The molecule has 28 heavy (non-hydrogen) atoms. The fraction of sp³-hybridized carbons (Fsp3) is 0.850. The lowest BCUT2D eigenvalue weighted by Crippen LogP contribution is -2.52. The molecule has 0 heterocycles. The Hall–Kier alpha value is -1.73. The van der Waals surface area contributed by atoms with Gasteiger partial charge in [-0.1, -0.05) is 0 Å². The molecule has 8 heteroatoms. The average Bonchev–Trinajstić information content (AvgIpc) is 2.55. The number of carbonyl (C=O) groups excluding carboxylic acids is 3. The molecule has 0 saturated heterocycles. The van der Waals surface area contributed by atoms with E-state index in [0.29, 0.717) is 37.0 Å². The third-order valence-electron chi connectivity index (χ3n) is 6.09. The number of hydrogen-bond donors (Lipinski definition) is 0. The number of carbonyl (C=O) groups is 3. The van der Waals surface area contributed by atoms with E-state index < -0.39 is 41.5 Å². The quantitative estimate of drug-likeness (QED) is 0.385. The van der Waals surface area contributed by atoms with Gasteiger partial charge in [-0.15, -0.1) is 0 Å². The summed E-state index contributed by atoms with van der Waals surface area (Å²) in [5.74, 6) is -2.32. The molecule has 4 aliphatic rings. The van der Waals surface area contributed by atoms with E-state index in [1.54, 1.807) is 20.8 Å². The van der Waals surface area contributed by atoms with Crippen molar-refractivity contribution < 1.29 is 37.4 Å². The molecule has 0 aliphatic heterocycles. The van der Waals surface area contributed by atoms with Gasteiger partial charge in [-0.3, -0.25) is 9.59 Å². The van der Waals surface area contributed by atoms with Gasteiger partial charge in [0.15, 0.2) is 0 Å². The van der Waals surface area contributed by atoms with Crippen LogP contribution >= 0.6 is 0 Å². The zero-order valence-electron chi connectivity index (χ0n) is 16.6. The van der Waals surface area contributed by atoms with Crippen LogP contribution in [0.25, 0.3) is 0 Å². The number of ether oxygens (including phenoxy) is 3. The Morgan fingerprint density at radius 3 is 1.71 bits per heavy atom. The van der Waals surface area contributed by atoms with Gasteiger partial charge >= 0.3 is 24.0 Å². The predicted octanol–water partition coefficient (Wildman–Crippen LogP) is 3.47. The highest BCUT2D eigenvalue weighted by Gasteiger charge is 2.58. The van der Waals surface area contributed by atoms with Gasteiger partial charge in [0.1, 0.15) is 13.2 Å². The van der Waals surface area contributed by atoms with Crippen LogP contribution in [0.15, 0.2) is 0 Å². The van der Waals surface area contributed by atoms with Crippen molar-refractivity contribution >= 4 is 17.9 Å². The summed E-state index contributed by atoms with van der Waals surface area (Å²) < 4.78 is 41.9. The molecular formula is C20H28F2O6. The molecule has 0 aromatic heterocycles. The standard InChI is InChI=1S/C20H28F2O6/c1-18(2,3)15(23)26-4-5-27-17(25)20(21,22)28-16(24)19-9-12-6-13(10-19)8-14(7-12)11-19/h12-14H,4-11H2,1-3H3. The fourth-order valence-electron chi connectivity index (χ4n) is 5.20. The molecule has 0 amide bonds. The molecule has 0 N–H and O–H groups in total. The van der Waals surface area contributed by atoms with Crippen molar-refractivity contribution in [1.29, 1.82) is 0 Å². The second-order valence-corrected chi connectivity index (χ2v) is 9.63. The molecule has 6 nitrogen and oxygen atoms in total. The van der Waals surface area contributed by atoms with Crippen molar-refractivity contribution in [2.45, 2.75) is 65.4 Å². The summed E-state index contributed by atoms with van der Waals surface area (Å²) in [6.07, 6.45) is 0.492. The van der Waals surface area contributed by atoms with E-state index in [2.05, 4.69) is 9.47 Å². The van der Waals surface area contributed by atoms with Crippen molar-refractivity contribution in [1.82, 2.24) is 0 Å². The molecule has 0 radical (unpaired) electrons. The first-order valence-corrected chi connectivity index (χ1v) is 9.87. The van der Waals surface area contributed by atoms with Gasteiger partial charge in [0, 0.05) is 0 Å². The highest BCUT2D eigenvalue weighted by molar-refractivity contribution is 5.83. The SMILES string of the molecule is CC(C)(C)C(=O)OCCOC(=O)C(F)(F)OC(=O)C12CC3CC(CC(C3)C1)C2. The van der Waals surface area contributed by atoms with Crippen LogP contribution in [-0.2, 0) is 28.6 Å². The van der Waals surface area contributed by atoms with Crippen LogP contribution in [0, 0.1) is 28.6 Å². The highest BCUT2D eigenvalue weighted by atomic mass is 19.3. The van der Waals surface area contributed by atoms with Crippen molar-refractivity contribution in [2.24, 2.45) is 28.6 Å². The van der Waals surface area contributed by atoms with Gasteiger partial charge in [0.25, 0.3) is 0 Å². The first kappa shape index (κ1) is 21.0. The lowest BCUT2D eigenvalue weighted by molar-refractivity contribution is -0.255. The molecule has 0 unspecified atom stereocenters. The number of esters is 3. The summed E-state index contributed by atoms with van der Waals surface area (Å²) in [4.78, 5) is 35.8. The average molecular weight is 402 g/mol. The van der Waals surface area contributed by atoms with Crippen LogP contribution in [0.5, 0.6) is 0 Å². The molecular weight excluding hydrogens is 374 g/mol. The van der Waals surface area contributed by atoms with Crippen LogP contribution in [-0.4, -0.2) is 37.2 Å². The maximum Gasteiger partial charge on any atom is 0.504 e. The van der Waals surface area contributed by atoms with Gasteiger partial charge in [-0.05, 0) is 77.0 Å². The zero-order valence-corrected chi connectivity index (χ0v) is 16.6. The topological polar surface area (TPSA) is 78.9 Å². The molecule has 0 aromatic rings. The summed E-state index contributed by atoms with van der Waals surface area (Å²) in [6.45, 7) is 4.03. The summed E-state index contributed by atoms with van der Waals surface area (Å²) in [6, 6.07) is 0. The first-order chi connectivity index (χ1) is 12.9. The molecule has 4 bridgehead atoms. The summed E-state index contributed by atoms with van der Waals surface area (Å²) in [5.41, 5.74) is -1.64. The molecule has 4 fully saturated rings. The van der Waals surface area contributed by atoms with Crippen molar-refractivity contribution in [3.8, 4) is 0 Å². The van der Waals surface area contributed by atoms with Crippen LogP contribution in [0.2, 0.25) is 0 Å². The Kier molecular flexibility index (Phi) is 5.44. The Bertz CT molecular complexity index is 616. The van der Waals surface area contributed by atoms with E-state index in [1.807, 2.05) is 0 Å². The van der Waals surface area contributed by atoms with E-state index >= 15 is 0 Å². The maximum absolute atomic E-state index is 14.1. The van der Waals surface area contributed by atoms with Crippen molar-refractivity contribution in [3.05, 3.63) is 0 Å². The minimum Gasteiger partial charge on any atom is -0.462 e. The van der Waals surface area contributed by atoms with E-state index in [1.165, 1.54) is 0 Å². The third kappa shape index (κ3) is 4.30. The Morgan fingerprint density at radius 1 is 0.857 bits per heavy atom. The van der Waals surface area contributed by atoms with Gasteiger partial charge in [0.05, 0.1) is 10.8 Å².